The summed E-state index contributed by atoms with van der Waals surface area (Å²) in [5, 5.41) is 12.2. The molecule has 2 aliphatic rings. The van der Waals surface area contributed by atoms with E-state index >= 15 is 0 Å². The molecule has 0 saturated carbocycles. The van der Waals surface area contributed by atoms with Gasteiger partial charge in [0.15, 0.2) is 5.96 Å². The lowest BCUT2D eigenvalue weighted by Crippen LogP contribution is -2.57. The number of nitrogens with one attached hydrogen (secondary N) is 1. The van der Waals surface area contributed by atoms with Crippen molar-refractivity contribution in [3.8, 4) is 11.8 Å². The number of carbonyl (C=O) groups is 2. The number of carbonyl (C=O) groups excluding carboxylic acids is 2. The van der Waals surface area contributed by atoms with Crippen LogP contribution >= 0.6 is 23.5 Å². The smallest absolute Gasteiger partial charge is 0.390 e. The molecular formula is C13H22N5O14P3. The van der Waals surface area contributed by atoms with Gasteiger partial charge < -0.3 is 40.9 Å². The summed E-state index contributed by atoms with van der Waals surface area (Å²) in [5.41, 5.74) is 10.3. The summed E-state index contributed by atoms with van der Waals surface area (Å²) < 4.78 is 50.8. The zero-order valence-corrected chi connectivity index (χ0v) is 20.1. The molecule has 0 radical (unpaired) electrons. The van der Waals surface area contributed by atoms with E-state index in [1.54, 1.807) is 0 Å². The number of aliphatic hydroxyl groups excluding tert-OH is 1. The summed E-state index contributed by atoms with van der Waals surface area (Å²) in [5.74, 6) is 3.25. The number of guanidine groups is 1. The summed E-state index contributed by atoms with van der Waals surface area (Å²) in [4.78, 5) is 64.5. The molecule has 2 saturated heterocycles. The fourth-order valence-electron chi connectivity index (χ4n) is 2.81. The van der Waals surface area contributed by atoms with E-state index in [0.717, 1.165) is 4.90 Å². The number of hydrogen-bond acceptors (Lipinski definition) is 11. The van der Waals surface area contributed by atoms with Crippen LogP contribution in [-0.2, 0) is 36.4 Å². The Morgan fingerprint density at radius 1 is 1.17 bits per heavy atom. The third-order valence-corrected chi connectivity index (χ3v) is 7.98. The Morgan fingerprint density at radius 3 is 2.43 bits per heavy atom. The number of ether oxygens (including phenoxy) is 1. The predicted octanol–water partition coefficient (Wildman–Crippen LogP) is -2.75. The molecule has 0 aromatic rings. The minimum absolute atomic E-state index is 0.0959. The molecule has 0 aliphatic carbocycles. The van der Waals surface area contributed by atoms with E-state index in [2.05, 4.69) is 35.3 Å². The lowest BCUT2D eigenvalue weighted by atomic mass is 10.1. The maximum atomic E-state index is 12.2. The summed E-state index contributed by atoms with van der Waals surface area (Å²) in [7, 11) is -16.7. The van der Waals surface area contributed by atoms with E-state index in [1.807, 2.05) is 0 Å². The number of phosphoric acid groups is 3. The molecule has 10 N–H and O–H groups in total. The molecule has 2 fully saturated rings. The number of nitrogens with zero attached hydrogens (tertiary/aromatic N) is 2. The van der Waals surface area contributed by atoms with Gasteiger partial charge in [0, 0.05) is 13.0 Å². The van der Waals surface area contributed by atoms with E-state index in [9.17, 15) is 33.3 Å². The zero-order valence-electron chi connectivity index (χ0n) is 17.4. The van der Waals surface area contributed by atoms with Gasteiger partial charge in [0.2, 0.25) is 5.91 Å². The van der Waals surface area contributed by atoms with E-state index in [1.165, 1.54) is 0 Å². The van der Waals surface area contributed by atoms with Crippen molar-refractivity contribution in [2.75, 3.05) is 19.7 Å². The highest BCUT2D eigenvalue weighted by Crippen LogP contribution is 2.66. The van der Waals surface area contributed by atoms with Gasteiger partial charge in [0.25, 0.3) is 0 Å². The Hall–Kier alpha value is -1.90. The minimum atomic E-state index is -5.72. The van der Waals surface area contributed by atoms with Crippen molar-refractivity contribution in [2.24, 2.45) is 22.4 Å². The summed E-state index contributed by atoms with van der Waals surface area (Å²) in [6, 6.07) is -0.858. The van der Waals surface area contributed by atoms with Crippen molar-refractivity contribution in [3.05, 3.63) is 0 Å². The number of phosphoric ester groups is 1. The molecule has 3 amide bonds. The first-order valence-corrected chi connectivity index (χ1v) is 13.8. The van der Waals surface area contributed by atoms with Crippen molar-refractivity contribution < 1.29 is 65.8 Å². The monoisotopic (exact) mass is 565 g/mol. The van der Waals surface area contributed by atoms with Crippen LogP contribution in [0.1, 0.15) is 6.42 Å². The van der Waals surface area contributed by atoms with Crippen molar-refractivity contribution in [1.29, 1.82) is 0 Å². The van der Waals surface area contributed by atoms with Crippen LogP contribution in [0, 0.1) is 17.8 Å². The highest BCUT2D eigenvalue weighted by atomic mass is 31.3. The third-order valence-electron chi connectivity index (χ3n) is 4.17. The number of nitrogens with two attached hydrogens (primary N) is 2. The number of aliphatic hydroxyl groups is 1. The Balaban J connectivity index is 1.98. The molecule has 2 heterocycles. The summed E-state index contributed by atoms with van der Waals surface area (Å²) in [6.45, 7) is -1.25. The molecule has 22 heteroatoms. The van der Waals surface area contributed by atoms with Crippen LogP contribution < -0.4 is 16.8 Å². The lowest BCUT2D eigenvalue weighted by molar-refractivity contribution is -0.127. The first-order valence-electron chi connectivity index (χ1n) is 9.25. The average Bonchev–Trinajstić information content (AvgIpc) is 3.02. The fraction of sp³-hybridized carbons (Fsp3) is 0.615. The van der Waals surface area contributed by atoms with Crippen molar-refractivity contribution >= 4 is 41.4 Å². The normalized spacial score (nSPS) is 28.3. The number of aliphatic imine (C=N–C) groups is 1. The molecule has 6 atom stereocenters. The highest BCUT2D eigenvalue weighted by molar-refractivity contribution is 7.66. The number of amides is 3. The zero-order chi connectivity index (χ0) is 26.6. The van der Waals surface area contributed by atoms with E-state index in [-0.39, 0.29) is 25.5 Å². The standard InChI is InChI=1S/C13H22N5O14P3/c14-12(15)16-3-1-2-7-5-18(13(21)17-11(7)20)10-4-8(19)9(30-10)6-29-34(25,26)32-35(27,28)31-33(22,23)24/h7-10,19H,3-6H2,(H,25,26)(H,27,28)(H4,14,15,16)(H,17,20,21)(H2,22,23,24)/t7?,8-,9+,10+/m0/s1. The molecule has 0 spiro atoms. The highest BCUT2D eigenvalue weighted by Gasteiger charge is 2.45. The second-order valence-corrected chi connectivity index (χ2v) is 11.3. The van der Waals surface area contributed by atoms with Crippen molar-refractivity contribution in [1.82, 2.24) is 10.2 Å². The topological polar surface area (TPSA) is 303 Å². The van der Waals surface area contributed by atoms with Crippen LogP contribution in [0.2, 0.25) is 0 Å². The molecule has 0 aromatic carbocycles. The van der Waals surface area contributed by atoms with Gasteiger partial charge in [-0.25, -0.2) is 23.5 Å². The van der Waals surface area contributed by atoms with Gasteiger partial charge in [0.1, 0.15) is 24.8 Å². The molecule has 3 unspecified atom stereocenters. The predicted molar refractivity (Wildman–Crippen MR) is 111 cm³/mol. The largest absolute Gasteiger partial charge is 0.490 e. The Kier molecular flexibility index (Phi) is 9.59. The van der Waals surface area contributed by atoms with Gasteiger partial charge >= 0.3 is 29.5 Å². The quantitative estimate of drug-likeness (QED) is 0.0608. The maximum Gasteiger partial charge on any atom is 0.490 e. The van der Waals surface area contributed by atoms with Gasteiger partial charge in [-0.05, 0) is 0 Å². The lowest BCUT2D eigenvalue weighted by Gasteiger charge is -2.33. The SMILES string of the molecule is NC(N)=NCC#CC1CN([C@H]2C[C@H](O)[C@@H](COP(=O)(O)OP(=O)(O)OP(=O)(O)O)O2)C(=O)NC1=O. The second kappa shape index (κ2) is 11.4. The Bertz CT molecular complexity index is 1060. The van der Waals surface area contributed by atoms with E-state index < -0.39 is 66.4 Å². The average molecular weight is 565 g/mol. The number of rotatable bonds is 9. The fourth-order valence-corrected chi connectivity index (χ4v) is 5.84. The maximum absolute atomic E-state index is 12.2. The summed E-state index contributed by atoms with van der Waals surface area (Å²) >= 11 is 0. The number of urea groups is 1. The second-order valence-electron chi connectivity index (χ2n) is 6.88. The van der Waals surface area contributed by atoms with E-state index in [4.69, 9.17) is 30.9 Å². The van der Waals surface area contributed by atoms with Crippen LogP contribution in [-0.4, -0.2) is 85.6 Å². The van der Waals surface area contributed by atoms with Gasteiger partial charge in [-0.2, -0.15) is 8.62 Å². The first-order chi connectivity index (χ1) is 16.0. The molecule has 19 nitrogen and oxygen atoms in total. The molecule has 0 aromatic heterocycles. The van der Waals surface area contributed by atoms with Crippen LogP contribution in [0.25, 0.3) is 0 Å². The number of hydrogen-bond donors (Lipinski definition) is 8. The molecule has 198 valence electrons. The van der Waals surface area contributed by atoms with Gasteiger partial charge in [0.05, 0.1) is 12.7 Å². The van der Waals surface area contributed by atoms with E-state index in [0.29, 0.717) is 0 Å². The van der Waals surface area contributed by atoms with Crippen LogP contribution in [0.15, 0.2) is 4.99 Å². The Morgan fingerprint density at radius 2 is 1.83 bits per heavy atom. The van der Waals surface area contributed by atoms with Crippen LogP contribution in [0.3, 0.4) is 0 Å². The van der Waals surface area contributed by atoms with Crippen LogP contribution in [0.5, 0.6) is 0 Å². The molecule has 2 aliphatic heterocycles. The molecule has 35 heavy (non-hydrogen) atoms. The van der Waals surface area contributed by atoms with Crippen molar-refractivity contribution in [2.45, 2.75) is 24.9 Å². The molecule has 2 rings (SSSR count). The molecular weight excluding hydrogens is 543 g/mol. The minimum Gasteiger partial charge on any atom is -0.390 e. The first kappa shape index (κ1) is 29.3. The van der Waals surface area contributed by atoms with Gasteiger partial charge in [-0.15, -0.1) is 0 Å². The summed E-state index contributed by atoms with van der Waals surface area (Å²) in [6.07, 6.45) is -4.08. The van der Waals surface area contributed by atoms with Gasteiger partial charge in [-0.1, -0.05) is 11.8 Å². The number of imide groups is 1. The van der Waals surface area contributed by atoms with Crippen LogP contribution in [0.4, 0.5) is 4.79 Å². The molecule has 0 bridgehead atoms. The third kappa shape index (κ3) is 9.58. The van der Waals surface area contributed by atoms with Gasteiger partial charge in [-0.3, -0.25) is 19.5 Å². The van der Waals surface area contributed by atoms with Crippen molar-refractivity contribution in [3.63, 3.8) is 0 Å². The Labute approximate surface area is 196 Å².